The van der Waals surface area contributed by atoms with E-state index >= 15 is 0 Å². The van der Waals surface area contributed by atoms with Gasteiger partial charge in [0.15, 0.2) is 5.12 Å². The van der Waals surface area contributed by atoms with Crippen LogP contribution >= 0.6 is 11.8 Å². The monoisotopic (exact) mass is 348 g/mol. The fourth-order valence-electron chi connectivity index (χ4n) is 2.96. The summed E-state index contributed by atoms with van der Waals surface area (Å²) in [5.41, 5.74) is 0. The molecule has 0 aliphatic rings. The van der Waals surface area contributed by atoms with Gasteiger partial charge in [-0.05, 0) is 18.6 Å². The molecule has 1 rings (SSSR count). The van der Waals surface area contributed by atoms with E-state index in [1.54, 1.807) is 0 Å². The maximum absolute atomic E-state index is 11.9. The first-order valence-electron chi connectivity index (χ1n) is 10.1. The number of hydrogen-bond donors (Lipinski definition) is 0. The first-order chi connectivity index (χ1) is 11.8. The van der Waals surface area contributed by atoms with Crippen LogP contribution in [-0.4, -0.2) is 5.12 Å². The van der Waals surface area contributed by atoms with Gasteiger partial charge in [-0.1, -0.05) is 114 Å². The van der Waals surface area contributed by atoms with Gasteiger partial charge < -0.3 is 0 Å². The lowest BCUT2D eigenvalue weighted by Crippen LogP contribution is -1.91. The summed E-state index contributed by atoms with van der Waals surface area (Å²) in [6.07, 6.45) is 18.3. The van der Waals surface area contributed by atoms with Gasteiger partial charge in [-0.3, -0.25) is 4.79 Å². The molecule has 0 bridgehead atoms. The number of rotatable bonds is 15. The number of carbonyl (C=O) groups excluding carboxylic acids is 1. The van der Waals surface area contributed by atoms with E-state index in [0.717, 1.165) is 17.7 Å². The molecule has 0 saturated carbocycles. The molecular weight excluding hydrogens is 312 g/mol. The van der Waals surface area contributed by atoms with Gasteiger partial charge in [0.05, 0.1) is 0 Å². The summed E-state index contributed by atoms with van der Waals surface area (Å²) in [5.74, 6) is 0. The maximum Gasteiger partial charge on any atom is 0.193 e. The van der Waals surface area contributed by atoms with Gasteiger partial charge in [0, 0.05) is 11.3 Å². The molecule has 1 aromatic rings. The molecule has 0 aromatic heterocycles. The second-order valence-electron chi connectivity index (χ2n) is 6.78. The summed E-state index contributed by atoms with van der Waals surface area (Å²) in [4.78, 5) is 12.9. The number of unbranched alkanes of at least 4 members (excludes halogenated alkanes) is 12. The van der Waals surface area contributed by atoms with E-state index in [0.29, 0.717) is 5.12 Å². The average Bonchev–Trinajstić information content (AvgIpc) is 2.60. The summed E-state index contributed by atoms with van der Waals surface area (Å²) < 4.78 is 0. The van der Waals surface area contributed by atoms with Gasteiger partial charge >= 0.3 is 0 Å². The molecule has 24 heavy (non-hydrogen) atoms. The summed E-state index contributed by atoms with van der Waals surface area (Å²) in [5, 5.41) is 0.310. The van der Waals surface area contributed by atoms with E-state index in [1.807, 2.05) is 30.3 Å². The molecule has 136 valence electrons. The van der Waals surface area contributed by atoms with E-state index in [9.17, 15) is 4.79 Å². The van der Waals surface area contributed by atoms with E-state index in [4.69, 9.17) is 0 Å². The van der Waals surface area contributed by atoms with Gasteiger partial charge in [0.2, 0.25) is 0 Å². The lowest BCUT2D eigenvalue weighted by molar-refractivity contribution is -0.111. The summed E-state index contributed by atoms with van der Waals surface area (Å²) in [6, 6.07) is 9.97. The molecule has 0 amide bonds. The van der Waals surface area contributed by atoms with Gasteiger partial charge in [0.1, 0.15) is 0 Å². The highest BCUT2D eigenvalue weighted by molar-refractivity contribution is 8.13. The second kappa shape index (κ2) is 15.7. The third-order valence-electron chi connectivity index (χ3n) is 4.46. The number of carbonyl (C=O) groups is 1. The minimum absolute atomic E-state index is 0.310. The molecule has 0 aliphatic heterocycles. The van der Waals surface area contributed by atoms with Crippen molar-refractivity contribution in [2.24, 2.45) is 0 Å². The van der Waals surface area contributed by atoms with Crippen LogP contribution in [-0.2, 0) is 4.79 Å². The number of hydrogen-bond acceptors (Lipinski definition) is 2. The van der Waals surface area contributed by atoms with E-state index in [-0.39, 0.29) is 0 Å². The van der Waals surface area contributed by atoms with Crippen molar-refractivity contribution >= 4 is 16.9 Å². The van der Waals surface area contributed by atoms with Crippen LogP contribution in [0.25, 0.3) is 0 Å². The van der Waals surface area contributed by atoms with Crippen LogP contribution in [0.4, 0.5) is 0 Å². The van der Waals surface area contributed by atoms with Crippen LogP contribution in [0.5, 0.6) is 0 Å². The molecular formula is C22H36OS. The third-order valence-corrected chi connectivity index (χ3v) is 5.40. The maximum atomic E-state index is 11.9. The molecule has 0 N–H and O–H groups in total. The van der Waals surface area contributed by atoms with Crippen LogP contribution in [0.3, 0.4) is 0 Å². The minimum atomic E-state index is 0.310. The van der Waals surface area contributed by atoms with Crippen molar-refractivity contribution < 1.29 is 4.79 Å². The summed E-state index contributed by atoms with van der Waals surface area (Å²) in [7, 11) is 0. The first kappa shape index (κ1) is 21.3. The van der Waals surface area contributed by atoms with Crippen LogP contribution in [0.1, 0.15) is 96.8 Å². The first-order valence-corrected chi connectivity index (χ1v) is 10.9. The lowest BCUT2D eigenvalue weighted by atomic mass is 10.0. The van der Waals surface area contributed by atoms with Gasteiger partial charge in [0.25, 0.3) is 0 Å². The predicted octanol–water partition coefficient (Wildman–Crippen LogP) is 7.79. The molecule has 0 aliphatic carbocycles. The number of thioether (sulfide) groups is 1. The SMILES string of the molecule is CCCCCCCCCCCCCCCC(=O)Sc1ccccc1. The normalized spacial score (nSPS) is 10.9. The Labute approximate surface area is 154 Å². The fourth-order valence-corrected chi connectivity index (χ4v) is 3.76. The Kier molecular flexibility index (Phi) is 14.0. The molecule has 0 heterocycles. The molecule has 0 fully saturated rings. The van der Waals surface area contributed by atoms with Crippen molar-refractivity contribution in [2.75, 3.05) is 0 Å². The average molecular weight is 349 g/mol. The zero-order chi connectivity index (χ0) is 17.3. The Morgan fingerprint density at radius 2 is 1.17 bits per heavy atom. The molecule has 1 nitrogen and oxygen atoms in total. The lowest BCUT2D eigenvalue weighted by Gasteiger charge is -2.03. The van der Waals surface area contributed by atoms with Gasteiger partial charge in [-0.15, -0.1) is 0 Å². The van der Waals surface area contributed by atoms with Gasteiger partial charge in [-0.2, -0.15) is 0 Å². The Balaban J connectivity index is 1.81. The highest BCUT2D eigenvalue weighted by atomic mass is 32.2. The zero-order valence-corrected chi connectivity index (χ0v) is 16.4. The van der Waals surface area contributed by atoms with Crippen LogP contribution in [0.2, 0.25) is 0 Å². The Bertz CT molecular complexity index is 402. The van der Waals surface area contributed by atoms with E-state index < -0.39 is 0 Å². The molecule has 1 aromatic carbocycles. The quantitative estimate of drug-likeness (QED) is 0.238. The van der Waals surface area contributed by atoms with Crippen molar-refractivity contribution in [3.8, 4) is 0 Å². The summed E-state index contributed by atoms with van der Waals surface area (Å²) >= 11 is 1.39. The molecule has 0 radical (unpaired) electrons. The summed E-state index contributed by atoms with van der Waals surface area (Å²) in [6.45, 7) is 2.28. The fraction of sp³-hybridized carbons (Fsp3) is 0.682. The zero-order valence-electron chi connectivity index (χ0n) is 15.6. The van der Waals surface area contributed by atoms with Crippen molar-refractivity contribution in [3.05, 3.63) is 30.3 Å². The number of benzene rings is 1. The topological polar surface area (TPSA) is 17.1 Å². The van der Waals surface area contributed by atoms with Crippen LogP contribution in [0.15, 0.2) is 35.2 Å². The standard InChI is InChI=1S/C22H36OS/c1-2-3-4-5-6-7-8-9-10-11-12-13-17-20-22(23)24-21-18-15-14-16-19-21/h14-16,18-19H,2-13,17,20H2,1H3. The van der Waals surface area contributed by atoms with Crippen molar-refractivity contribution in [1.82, 2.24) is 0 Å². The highest BCUT2D eigenvalue weighted by Crippen LogP contribution is 2.21. The van der Waals surface area contributed by atoms with Crippen LogP contribution in [0, 0.1) is 0 Å². The van der Waals surface area contributed by atoms with Crippen LogP contribution < -0.4 is 0 Å². The smallest absolute Gasteiger partial charge is 0.193 e. The Morgan fingerprint density at radius 3 is 1.67 bits per heavy atom. The Morgan fingerprint density at radius 1 is 0.708 bits per heavy atom. The molecule has 0 atom stereocenters. The second-order valence-corrected chi connectivity index (χ2v) is 7.91. The van der Waals surface area contributed by atoms with Gasteiger partial charge in [-0.25, -0.2) is 0 Å². The predicted molar refractivity (Wildman–Crippen MR) is 108 cm³/mol. The van der Waals surface area contributed by atoms with E-state index in [1.165, 1.54) is 88.8 Å². The Hall–Kier alpha value is -0.760. The molecule has 0 unspecified atom stereocenters. The molecule has 0 saturated heterocycles. The highest BCUT2D eigenvalue weighted by Gasteiger charge is 2.04. The van der Waals surface area contributed by atoms with Crippen molar-refractivity contribution in [3.63, 3.8) is 0 Å². The van der Waals surface area contributed by atoms with Crippen molar-refractivity contribution in [2.45, 2.75) is 102 Å². The molecule has 0 spiro atoms. The van der Waals surface area contributed by atoms with Crippen molar-refractivity contribution in [1.29, 1.82) is 0 Å². The third kappa shape index (κ3) is 12.6. The van der Waals surface area contributed by atoms with E-state index in [2.05, 4.69) is 6.92 Å². The largest absolute Gasteiger partial charge is 0.287 e. The minimum Gasteiger partial charge on any atom is -0.287 e. The molecule has 2 heteroatoms.